The Balaban J connectivity index is 2.21. The molecule has 1 aromatic carbocycles. The van der Waals surface area contributed by atoms with Crippen molar-refractivity contribution < 1.29 is 8.42 Å². The van der Waals surface area contributed by atoms with Crippen LogP contribution in [0.3, 0.4) is 0 Å². The summed E-state index contributed by atoms with van der Waals surface area (Å²) in [4.78, 5) is 0.185. The van der Waals surface area contributed by atoms with Gasteiger partial charge in [-0.3, -0.25) is 4.68 Å². The number of hydrogen-bond donors (Lipinski definition) is 2. The number of aryl methyl sites for hydroxylation is 1. The summed E-state index contributed by atoms with van der Waals surface area (Å²) in [5.74, 6) is 0. The van der Waals surface area contributed by atoms with Crippen molar-refractivity contribution in [2.24, 2.45) is 12.8 Å². The maximum Gasteiger partial charge on any atom is 0.242 e. The first-order valence-corrected chi connectivity index (χ1v) is 8.15. The summed E-state index contributed by atoms with van der Waals surface area (Å²) in [5, 5.41) is 3.99. The summed E-state index contributed by atoms with van der Waals surface area (Å²) in [7, 11) is -1.82. The zero-order valence-electron chi connectivity index (χ0n) is 10.9. The Kier molecular flexibility index (Phi) is 4.59. The highest BCUT2D eigenvalue weighted by Crippen LogP contribution is 2.23. The molecule has 0 bridgehead atoms. The van der Waals surface area contributed by atoms with E-state index >= 15 is 0 Å². The van der Waals surface area contributed by atoms with Crippen LogP contribution in [0.5, 0.6) is 0 Å². The fourth-order valence-corrected chi connectivity index (χ4v) is 3.73. The Morgan fingerprint density at radius 3 is 2.75 bits per heavy atom. The van der Waals surface area contributed by atoms with Crippen LogP contribution in [-0.2, 0) is 30.2 Å². The topological polar surface area (TPSA) is 90.0 Å². The second-order valence-corrected chi connectivity index (χ2v) is 6.91. The van der Waals surface area contributed by atoms with E-state index in [1.807, 2.05) is 0 Å². The summed E-state index contributed by atoms with van der Waals surface area (Å²) < 4.78 is 29.3. The van der Waals surface area contributed by atoms with Gasteiger partial charge in [0, 0.05) is 36.4 Å². The Morgan fingerprint density at radius 2 is 2.15 bits per heavy atom. The molecular formula is C12H15BrN4O2S. The molecule has 2 rings (SSSR count). The SMILES string of the molecule is Cn1cc(CNS(=O)(=O)c2cc(CN)ccc2Br)cn1. The molecule has 108 valence electrons. The van der Waals surface area contributed by atoms with E-state index in [-0.39, 0.29) is 11.4 Å². The molecule has 3 N–H and O–H groups in total. The first-order chi connectivity index (χ1) is 9.42. The van der Waals surface area contributed by atoms with Gasteiger partial charge in [-0.05, 0) is 33.6 Å². The van der Waals surface area contributed by atoms with Gasteiger partial charge in [-0.1, -0.05) is 6.07 Å². The largest absolute Gasteiger partial charge is 0.326 e. The van der Waals surface area contributed by atoms with E-state index in [2.05, 4.69) is 25.8 Å². The zero-order valence-corrected chi connectivity index (χ0v) is 13.3. The minimum Gasteiger partial charge on any atom is -0.326 e. The monoisotopic (exact) mass is 358 g/mol. The molecule has 20 heavy (non-hydrogen) atoms. The van der Waals surface area contributed by atoms with Crippen molar-refractivity contribution in [3.63, 3.8) is 0 Å². The molecule has 1 aromatic heterocycles. The van der Waals surface area contributed by atoms with Crippen molar-refractivity contribution >= 4 is 26.0 Å². The smallest absolute Gasteiger partial charge is 0.242 e. The molecule has 0 spiro atoms. The summed E-state index contributed by atoms with van der Waals surface area (Å²) in [6.07, 6.45) is 3.38. The fraction of sp³-hybridized carbons (Fsp3) is 0.250. The average Bonchev–Trinajstić information content (AvgIpc) is 2.83. The zero-order chi connectivity index (χ0) is 14.8. The lowest BCUT2D eigenvalue weighted by atomic mass is 10.2. The Labute approximate surface area is 126 Å². The highest BCUT2D eigenvalue weighted by molar-refractivity contribution is 9.10. The number of aromatic nitrogens is 2. The van der Waals surface area contributed by atoms with Crippen LogP contribution in [0.15, 0.2) is 40.0 Å². The normalized spacial score (nSPS) is 11.8. The molecule has 6 nitrogen and oxygen atoms in total. The second-order valence-electron chi connectivity index (χ2n) is 4.32. The number of benzene rings is 1. The Hall–Kier alpha value is -1.22. The minimum atomic E-state index is -3.60. The fourth-order valence-electron chi connectivity index (χ4n) is 1.70. The van der Waals surface area contributed by atoms with Gasteiger partial charge in [0.1, 0.15) is 0 Å². The maximum atomic E-state index is 12.3. The predicted octanol–water partition coefficient (Wildman–Crippen LogP) is 1.12. The third-order valence-corrected chi connectivity index (χ3v) is 5.14. The van der Waals surface area contributed by atoms with Crippen LogP contribution < -0.4 is 10.5 Å². The van der Waals surface area contributed by atoms with E-state index in [0.29, 0.717) is 11.0 Å². The van der Waals surface area contributed by atoms with Crippen molar-refractivity contribution in [1.29, 1.82) is 0 Å². The second kappa shape index (κ2) is 6.04. The third-order valence-electron chi connectivity index (χ3n) is 2.75. The molecule has 1 heterocycles. The van der Waals surface area contributed by atoms with Gasteiger partial charge in [0.15, 0.2) is 0 Å². The van der Waals surface area contributed by atoms with Crippen LogP contribution in [0.25, 0.3) is 0 Å². The number of nitrogens with one attached hydrogen (secondary N) is 1. The molecular weight excluding hydrogens is 344 g/mol. The Morgan fingerprint density at radius 1 is 1.40 bits per heavy atom. The van der Waals surface area contributed by atoms with Gasteiger partial charge in [0.25, 0.3) is 0 Å². The summed E-state index contributed by atoms with van der Waals surface area (Å²) in [6.45, 7) is 0.480. The molecule has 8 heteroatoms. The van der Waals surface area contributed by atoms with Gasteiger partial charge < -0.3 is 5.73 Å². The number of hydrogen-bond acceptors (Lipinski definition) is 4. The lowest BCUT2D eigenvalue weighted by molar-refractivity contribution is 0.580. The van der Waals surface area contributed by atoms with E-state index in [1.54, 1.807) is 42.3 Å². The van der Waals surface area contributed by atoms with Crippen LogP contribution in [0.2, 0.25) is 0 Å². The van der Waals surface area contributed by atoms with E-state index in [1.165, 1.54) is 0 Å². The van der Waals surface area contributed by atoms with Crippen LogP contribution in [-0.4, -0.2) is 18.2 Å². The molecule has 0 aliphatic rings. The lowest BCUT2D eigenvalue weighted by Crippen LogP contribution is -2.23. The minimum absolute atomic E-state index is 0.185. The van der Waals surface area contributed by atoms with Gasteiger partial charge in [-0.25, -0.2) is 13.1 Å². The molecule has 0 unspecified atom stereocenters. The van der Waals surface area contributed by atoms with E-state index in [4.69, 9.17) is 5.73 Å². The van der Waals surface area contributed by atoms with Crippen LogP contribution in [0.4, 0.5) is 0 Å². The summed E-state index contributed by atoms with van der Waals surface area (Å²) >= 11 is 3.25. The molecule has 2 aromatic rings. The molecule has 0 fully saturated rings. The first kappa shape index (κ1) is 15.2. The predicted molar refractivity (Wildman–Crippen MR) is 79.3 cm³/mol. The number of rotatable bonds is 5. The van der Waals surface area contributed by atoms with Crippen LogP contribution in [0.1, 0.15) is 11.1 Å². The van der Waals surface area contributed by atoms with Crippen molar-refractivity contribution in [1.82, 2.24) is 14.5 Å². The standard InChI is InChI=1S/C12H15BrN4O2S/c1-17-8-10(6-15-17)7-16-20(18,19)12-4-9(5-14)2-3-11(12)13/h2-4,6,8,16H,5,7,14H2,1H3. The van der Waals surface area contributed by atoms with E-state index < -0.39 is 10.0 Å². The summed E-state index contributed by atoms with van der Waals surface area (Å²) in [6, 6.07) is 5.03. The third kappa shape index (κ3) is 3.45. The quantitative estimate of drug-likeness (QED) is 0.837. The lowest BCUT2D eigenvalue weighted by Gasteiger charge is -2.09. The highest BCUT2D eigenvalue weighted by atomic mass is 79.9. The van der Waals surface area contributed by atoms with Crippen molar-refractivity contribution in [2.75, 3.05) is 0 Å². The van der Waals surface area contributed by atoms with E-state index in [0.717, 1.165) is 11.1 Å². The van der Waals surface area contributed by atoms with Gasteiger partial charge in [0.2, 0.25) is 10.0 Å². The molecule has 0 aliphatic heterocycles. The summed E-state index contributed by atoms with van der Waals surface area (Å²) in [5.41, 5.74) is 7.09. The van der Waals surface area contributed by atoms with Crippen molar-refractivity contribution in [3.8, 4) is 0 Å². The molecule has 0 amide bonds. The first-order valence-electron chi connectivity index (χ1n) is 5.88. The van der Waals surface area contributed by atoms with Crippen molar-refractivity contribution in [3.05, 3.63) is 46.2 Å². The van der Waals surface area contributed by atoms with Gasteiger partial charge in [-0.15, -0.1) is 0 Å². The number of nitrogens with zero attached hydrogens (tertiary/aromatic N) is 2. The molecule has 0 saturated heterocycles. The number of halogens is 1. The van der Waals surface area contributed by atoms with Crippen LogP contribution in [0, 0.1) is 0 Å². The molecule has 0 atom stereocenters. The molecule has 0 radical (unpaired) electrons. The maximum absolute atomic E-state index is 12.3. The van der Waals surface area contributed by atoms with Gasteiger partial charge in [0.05, 0.1) is 11.1 Å². The molecule has 0 aliphatic carbocycles. The van der Waals surface area contributed by atoms with Gasteiger partial charge >= 0.3 is 0 Å². The Bertz CT molecular complexity index is 712. The molecule has 0 saturated carbocycles. The van der Waals surface area contributed by atoms with Crippen LogP contribution >= 0.6 is 15.9 Å². The highest BCUT2D eigenvalue weighted by Gasteiger charge is 2.18. The van der Waals surface area contributed by atoms with Gasteiger partial charge in [-0.2, -0.15) is 5.10 Å². The number of sulfonamides is 1. The van der Waals surface area contributed by atoms with Crippen molar-refractivity contribution in [2.45, 2.75) is 18.0 Å². The average molecular weight is 359 g/mol. The van der Waals surface area contributed by atoms with E-state index in [9.17, 15) is 8.42 Å². The number of nitrogens with two attached hydrogens (primary N) is 1.